The molecule has 0 unspecified atom stereocenters. The van der Waals surface area contributed by atoms with Crippen LogP contribution in [0.4, 0.5) is 0 Å². The number of aromatic nitrogens is 1. The molecule has 1 heterocycles. The molecule has 1 aliphatic rings. The number of carbonyl (C=O) groups excluding carboxylic acids is 1. The number of hydrogen-bond donors (Lipinski definition) is 1. The molecule has 0 radical (unpaired) electrons. The number of nitrogens with zero attached hydrogens (tertiary/aromatic N) is 1. The van der Waals surface area contributed by atoms with Crippen molar-refractivity contribution in [3.8, 4) is 0 Å². The molecule has 26 heavy (non-hydrogen) atoms. The molecule has 1 fully saturated rings. The second-order valence-electron chi connectivity index (χ2n) is 6.92. The minimum absolute atomic E-state index is 0.0603. The summed E-state index contributed by atoms with van der Waals surface area (Å²) in [5.41, 5.74) is 3.14. The van der Waals surface area contributed by atoms with Gasteiger partial charge in [0.2, 0.25) is 5.91 Å². The molecule has 1 aliphatic carbocycles. The summed E-state index contributed by atoms with van der Waals surface area (Å²) in [6.07, 6.45) is 4.35. The molecular weight excluding hydrogens is 340 g/mol. The maximum atomic E-state index is 12.6. The lowest BCUT2D eigenvalue weighted by atomic mass is 9.71. The summed E-state index contributed by atoms with van der Waals surface area (Å²) in [7, 11) is 0. The van der Waals surface area contributed by atoms with Gasteiger partial charge in [0.25, 0.3) is 0 Å². The van der Waals surface area contributed by atoms with Crippen molar-refractivity contribution in [1.82, 2.24) is 10.3 Å². The summed E-state index contributed by atoms with van der Waals surface area (Å²) in [4.78, 5) is 17.3. The molecule has 1 aromatic heterocycles. The Morgan fingerprint density at radius 2 is 1.73 bits per heavy atom. The van der Waals surface area contributed by atoms with E-state index in [0.29, 0.717) is 6.42 Å². The van der Waals surface area contributed by atoms with Crippen LogP contribution in [0.3, 0.4) is 0 Å². The Morgan fingerprint density at radius 3 is 2.38 bits per heavy atom. The van der Waals surface area contributed by atoms with Crippen molar-refractivity contribution in [1.29, 1.82) is 0 Å². The lowest BCUT2D eigenvalue weighted by molar-refractivity contribution is -0.123. The first-order valence-electron chi connectivity index (χ1n) is 9.07. The molecule has 0 saturated heterocycles. The zero-order valence-corrected chi connectivity index (χ0v) is 15.5. The molecule has 1 saturated carbocycles. The smallest absolute Gasteiger partial charge is 0.226 e. The highest BCUT2D eigenvalue weighted by molar-refractivity contribution is 7.09. The fourth-order valence-electron chi connectivity index (χ4n) is 3.53. The van der Waals surface area contributed by atoms with Crippen LogP contribution in [0.2, 0.25) is 0 Å². The highest BCUT2D eigenvalue weighted by Crippen LogP contribution is 2.41. The minimum atomic E-state index is -0.179. The van der Waals surface area contributed by atoms with Crippen LogP contribution in [-0.4, -0.2) is 10.9 Å². The Morgan fingerprint density at radius 1 is 1.04 bits per heavy atom. The highest BCUT2D eigenvalue weighted by atomic mass is 32.1. The van der Waals surface area contributed by atoms with Gasteiger partial charge in [-0.25, -0.2) is 4.98 Å². The monoisotopic (exact) mass is 362 g/mol. The molecule has 3 aromatic rings. The first-order chi connectivity index (χ1) is 12.7. The van der Waals surface area contributed by atoms with Gasteiger partial charge in [-0.05, 0) is 30.4 Å². The first-order valence-corrected chi connectivity index (χ1v) is 9.95. The average Bonchev–Trinajstić information content (AvgIpc) is 3.06. The summed E-state index contributed by atoms with van der Waals surface area (Å²) in [6.45, 7) is 0. The molecule has 0 aliphatic heterocycles. The largest absolute Gasteiger partial charge is 0.346 e. The second kappa shape index (κ2) is 7.42. The van der Waals surface area contributed by atoms with Gasteiger partial charge in [0.1, 0.15) is 0 Å². The second-order valence-corrected chi connectivity index (χ2v) is 7.86. The van der Waals surface area contributed by atoms with Crippen LogP contribution in [0, 0.1) is 0 Å². The van der Waals surface area contributed by atoms with Gasteiger partial charge in [-0.15, -0.1) is 11.3 Å². The Hall–Kier alpha value is -2.46. The van der Waals surface area contributed by atoms with E-state index in [2.05, 4.69) is 34.6 Å². The van der Waals surface area contributed by atoms with E-state index in [1.807, 2.05) is 41.8 Å². The third-order valence-electron chi connectivity index (χ3n) is 5.05. The van der Waals surface area contributed by atoms with E-state index in [0.717, 1.165) is 36.4 Å². The number of carbonyl (C=O) groups is 1. The summed E-state index contributed by atoms with van der Waals surface area (Å²) in [5, 5.41) is 6.34. The van der Waals surface area contributed by atoms with Crippen LogP contribution in [0.15, 0.2) is 66.0 Å². The maximum absolute atomic E-state index is 12.6. The molecule has 3 nitrogen and oxygen atoms in total. The number of nitrogens with one attached hydrogen (secondary N) is 1. The van der Waals surface area contributed by atoms with E-state index in [9.17, 15) is 4.79 Å². The van der Waals surface area contributed by atoms with Crippen LogP contribution < -0.4 is 5.32 Å². The first kappa shape index (κ1) is 17.0. The quantitative estimate of drug-likeness (QED) is 0.703. The third kappa shape index (κ3) is 3.70. The SMILES string of the molecule is O=C(Cc1csc(Cc2ccccc2)n1)NC1(c2ccccc2)CCC1. The van der Waals surface area contributed by atoms with Crippen LogP contribution in [0.1, 0.15) is 41.1 Å². The van der Waals surface area contributed by atoms with E-state index >= 15 is 0 Å². The molecule has 132 valence electrons. The zero-order chi connectivity index (χ0) is 17.8. The Labute approximate surface area is 158 Å². The van der Waals surface area contributed by atoms with Crippen molar-refractivity contribution in [2.75, 3.05) is 0 Å². The Balaban J connectivity index is 1.39. The van der Waals surface area contributed by atoms with Gasteiger partial charge in [0, 0.05) is 11.8 Å². The van der Waals surface area contributed by atoms with Crippen molar-refractivity contribution in [2.24, 2.45) is 0 Å². The summed E-state index contributed by atoms with van der Waals surface area (Å²) in [5.74, 6) is 0.0603. The van der Waals surface area contributed by atoms with Gasteiger partial charge in [-0.1, -0.05) is 60.7 Å². The number of amides is 1. The van der Waals surface area contributed by atoms with Crippen LogP contribution >= 0.6 is 11.3 Å². The van der Waals surface area contributed by atoms with Gasteiger partial charge in [-0.2, -0.15) is 0 Å². The van der Waals surface area contributed by atoms with Crippen molar-refractivity contribution in [3.05, 3.63) is 87.9 Å². The zero-order valence-electron chi connectivity index (χ0n) is 14.7. The van der Waals surface area contributed by atoms with Gasteiger partial charge >= 0.3 is 0 Å². The van der Waals surface area contributed by atoms with Crippen molar-refractivity contribution in [2.45, 2.75) is 37.6 Å². The van der Waals surface area contributed by atoms with Crippen LogP contribution in [-0.2, 0) is 23.2 Å². The normalized spacial score (nSPS) is 15.2. The fourth-order valence-corrected chi connectivity index (χ4v) is 4.36. The predicted octanol–water partition coefficient (Wildman–Crippen LogP) is 4.47. The number of thiazole rings is 1. The molecule has 2 aromatic carbocycles. The van der Waals surface area contributed by atoms with Crippen molar-refractivity contribution >= 4 is 17.2 Å². The summed E-state index contributed by atoms with van der Waals surface area (Å²) in [6, 6.07) is 20.6. The molecule has 0 atom stereocenters. The van der Waals surface area contributed by atoms with E-state index in [4.69, 9.17) is 0 Å². The van der Waals surface area contributed by atoms with Gasteiger partial charge in [0.05, 0.1) is 22.7 Å². The van der Waals surface area contributed by atoms with Crippen LogP contribution in [0.25, 0.3) is 0 Å². The average molecular weight is 362 g/mol. The maximum Gasteiger partial charge on any atom is 0.226 e. The van der Waals surface area contributed by atoms with E-state index in [1.54, 1.807) is 11.3 Å². The standard InChI is InChI=1S/C22H22N2OS/c25-20(24-22(12-7-13-22)18-10-5-2-6-11-18)15-19-16-26-21(23-19)14-17-8-3-1-4-9-17/h1-6,8-11,16H,7,12-15H2,(H,24,25). The Bertz CT molecular complexity index is 869. The van der Waals surface area contributed by atoms with E-state index < -0.39 is 0 Å². The van der Waals surface area contributed by atoms with Gasteiger partial charge in [-0.3, -0.25) is 4.79 Å². The molecule has 0 spiro atoms. The van der Waals surface area contributed by atoms with Gasteiger partial charge in [0.15, 0.2) is 0 Å². The van der Waals surface area contributed by atoms with Gasteiger partial charge < -0.3 is 5.32 Å². The molecule has 1 amide bonds. The number of hydrogen-bond acceptors (Lipinski definition) is 3. The van der Waals surface area contributed by atoms with Crippen molar-refractivity contribution < 1.29 is 4.79 Å². The lowest BCUT2D eigenvalue weighted by Gasteiger charge is -2.43. The molecule has 1 N–H and O–H groups in total. The summed E-state index contributed by atoms with van der Waals surface area (Å²) >= 11 is 1.63. The minimum Gasteiger partial charge on any atom is -0.346 e. The Kier molecular flexibility index (Phi) is 4.85. The molecule has 0 bridgehead atoms. The highest BCUT2D eigenvalue weighted by Gasteiger charge is 2.39. The topological polar surface area (TPSA) is 42.0 Å². The predicted molar refractivity (Wildman–Crippen MR) is 105 cm³/mol. The molecular formula is C22H22N2OS. The molecule has 4 rings (SSSR count). The fraction of sp³-hybridized carbons (Fsp3) is 0.273. The third-order valence-corrected chi connectivity index (χ3v) is 5.95. The van der Waals surface area contributed by atoms with E-state index in [1.165, 1.54) is 11.1 Å². The van der Waals surface area contributed by atoms with Crippen LogP contribution in [0.5, 0.6) is 0 Å². The van der Waals surface area contributed by atoms with Crippen molar-refractivity contribution in [3.63, 3.8) is 0 Å². The summed E-state index contributed by atoms with van der Waals surface area (Å²) < 4.78 is 0. The molecule has 4 heteroatoms. The lowest BCUT2D eigenvalue weighted by Crippen LogP contribution is -2.51. The number of benzene rings is 2. The number of rotatable bonds is 6. The van der Waals surface area contributed by atoms with E-state index in [-0.39, 0.29) is 11.4 Å².